The Bertz CT molecular complexity index is 758. The molecule has 0 saturated carbocycles. The van der Waals surface area contributed by atoms with E-state index in [2.05, 4.69) is 15.0 Å². The number of likely N-dealkylation sites (tertiary alicyclic amines) is 1. The molecular formula is C19H22N4O3. The van der Waals surface area contributed by atoms with Gasteiger partial charge in [0.25, 0.3) is 5.91 Å². The van der Waals surface area contributed by atoms with E-state index in [1.807, 2.05) is 24.0 Å². The highest BCUT2D eigenvalue weighted by Crippen LogP contribution is 2.37. The molecule has 7 heteroatoms. The van der Waals surface area contributed by atoms with Crippen molar-refractivity contribution in [3.05, 3.63) is 48.3 Å². The molecule has 4 rings (SSSR count). The molecule has 0 aliphatic carbocycles. The smallest absolute Gasteiger partial charge is 0.274 e. The van der Waals surface area contributed by atoms with Gasteiger partial charge in [0.2, 0.25) is 0 Å². The molecule has 1 atom stereocenters. The molecule has 1 spiro atoms. The summed E-state index contributed by atoms with van der Waals surface area (Å²) < 4.78 is 12.1. The fraction of sp³-hybridized carbons (Fsp3) is 0.474. The van der Waals surface area contributed by atoms with E-state index in [-0.39, 0.29) is 17.6 Å². The predicted molar refractivity (Wildman–Crippen MR) is 93.9 cm³/mol. The number of hydrogen-bond acceptors (Lipinski definition) is 6. The maximum atomic E-state index is 12.6. The third-order valence-corrected chi connectivity index (χ3v) is 5.07. The van der Waals surface area contributed by atoms with Crippen LogP contribution in [-0.4, -0.2) is 57.2 Å². The molecule has 2 aromatic heterocycles. The van der Waals surface area contributed by atoms with Crippen molar-refractivity contribution < 1.29 is 14.3 Å². The molecular weight excluding hydrogens is 332 g/mol. The molecule has 2 fully saturated rings. The zero-order valence-electron chi connectivity index (χ0n) is 14.8. The summed E-state index contributed by atoms with van der Waals surface area (Å²) in [5, 5.41) is 0. The van der Waals surface area contributed by atoms with Crippen LogP contribution in [0.1, 0.15) is 35.4 Å². The lowest BCUT2D eigenvalue weighted by Gasteiger charge is -2.38. The highest BCUT2D eigenvalue weighted by Gasteiger charge is 2.44. The van der Waals surface area contributed by atoms with Gasteiger partial charge in [-0.15, -0.1) is 0 Å². The summed E-state index contributed by atoms with van der Waals surface area (Å²) in [5.41, 5.74) is 1.01. The third-order valence-electron chi connectivity index (χ3n) is 5.07. The Balaban J connectivity index is 1.33. The number of nitrogens with zero attached hydrogens (tertiary/aromatic N) is 4. The second-order valence-electron chi connectivity index (χ2n) is 6.96. The first-order valence-corrected chi connectivity index (χ1v) is 8.92. The lowest BCUT2D eigenvalue weighted by Crippen LogP contribution is -2.46. The number of rotatable bonds is 3. The van der Waals surface area contributed by atoms with Crippen LogP contribution in [0.3, 0.4) is 0 Å². The molecule has 0 bridgehead atoms. The number of carbonyl (C=O) groups is 1. The van der Waals surface area contributed by atoms with Crippen molar-refractivity contribution in [1.29, 1.82) is 0 Å². The summed E-state index contributed by atoms with van der Waals surface area (Å²) in [5.74, 6) is 0.706. The summed E-state index contributed by atoms with van der Waals surface area (Å²) >= 11 is 0. The molecule has 1 amide bonds. The minimum atomic E-state index is -0.192. The van der Waals surface area contributed by atoms with Crippen LogP contribution in [0.4, 0.5) is 0 Å². The Kier molecular flexibility index (Phi) is 4.55. The highest BCUT2D eigenvalue weighted by atomic mass is 16.6. The van der Waals surface area contributed by atoms with E-state index >= 15 is 0 Å². The van der Waals surface area contributed by atoms with Crippen LogP contribution in [0.2, 0.25) is 0 Å². The van der Waals surface area contributed by atoms with Crippen molar-refractivity contribution >= 4 is 5.91 Å². The van der Waals surface area contributed by atoms with Crippen LogP contribution in [0.5, 0.6) is 5.75 Å². The van der Waals surface area contributed by atoms with E-state index in [1.165, 1.54) is 0 Å². The Morgan fingerprint density at radius 3 is 2.81 bits per heavy atom. The van der Waals surface area contributed by atoms with E-state index in [1.54, 1.807) is 24.8 Å². The van der Waals surface area contributed by atoms with Gasteiger partial charge in [-0.25, -0.2) is 4.98 Å². The van der Waals surface area contributed by atoms with E-state index in [0.29, 0.717) is 25.4 Å². The highest BCUT2D eigenvalue weighted by molar-refractivity contribution is 5.92. The number of pyridine rings is 1. The lowest BCUT2D eigenvalue weighted by molar-refractivity contribution is -0.0396. The molecule has 26 heavy (non-hydrogen) atoms. The van der Waals surface area contributed by atoms with Gasteiger partial charge < -0.3 is 14.4 Å². The summed E-state index contributed by atoms with van der Waals surface area (Å²) in [4.78, 5) is 26.8. The molecule has 2 saturated heterocycles. The van der Waals surface area contributed by atoms with Crippen LogP contribution in [0.15, 0.2) is 36.9 Å². The zero-order chi connectivity index (χ0) is 18.0. The SMILES string of the molecule is Cc1cnc(C(=O)N2CCC3(CC2)C[C@@H](Oc2cccnc2)CO3)cn1. The summed E-state index contributed by atoms with van der Waals surface area (Å²) in [7, 11) is 0. The number of aryl methyl sites for hydroxylation is 1. The minimum Gasteiger partial charge on any atom is -0.486 e. The first-order chi connectivity index (χ1) is 12.6. The molecule has 0 unspecified atom stereocenters. The van der Waals surface area contributed by atoms with Crippen molar-refractivity contribution in [2.75, 3.05) is 19.7 Å². The molecule has 2 aromatic rings. The first-order valence-electron chi connectivity index (χ1n) is 8.92. The van der Waals surface area contributed by atoms with Crippen LogP contribution in [-0.2, 0) is 4.74 Å². The van der Waals surface area contributed by atoms with Crippen LogP contribution < -0.4 is 4.74 Å². The van der Waals surface area contributed by atoms with Gasteiger partial charge in [-0.05, 0) is 31.9 Å². The third kappa shape index (κ3) is 3.53. The van der Waals surface area contributed by atoms with Crippen LogP contribution in [0, 0.1) is 6.92 Å². The summed E-state index contributed by atoms with van der Waals surface area (Å²) in [6.45, 7) is 3.75. The van der Waals surface area contributed by atoms with Crippen molar-refractivity contribution in [2.45, 2.75) is 37.9 Å². The van der Waals surface area contributed by atoms with E-state index in [0.717, 1.165) is 30.7 Å². The Morgan fingerprint density at radius 2 is 2.12 bits per heavy atom. The van der Waals surface area contributed by atoms with Crippen molar-refractivity contribution in [1.82, 2.24) is 19.9 Å². The molecule has 0 N–H and O–H groups in total. The predicted octanol–water partition coefficient (Wildman–Crippen LogP) is 2.02. The van der Waals surface area contributed by atoms with Crippen molar-refractivity contribution in [3.8, 4) is 5.75 Å². The van der Waals surface area contributed by atoms with Crippen molar-refractivity contribution in [2.24, 2.45) is 0 Å². The molecule has 7 nitrogen and oxygen atoms in total. The Morgan fingerprint density at radius 1 is 1.27 bits per heavy atom. The fourth-order valence-corrected chi connectivity index (χ4v) is 3.62. The zero-order valence-corrected chi connectivity index (χ0v) is 14.8. The van der Waals surface area contributed by atoms with Crippen LogP contribution >= 0.6 is 0 Å². The number of amides is 1. The Hall–Kier alpha value is -2.54. The molecule has 0 radical (unpaired) electrons. The number of piperidine rings is 1. The largest absolute Gasteiger partial charge is 0.486 e. The summed E-state index contributed by atoms with van der Waals surface area (Å²) in [6, 6.07) is 3.76. The monoisotopic (exact) mass is 354 g/mol. The number of ether oxygens (including phenoxy) is 2. The maximum Gasteiger partial charge on any atom is 0.274 e. The van der Waals surface area contributed by atoms with Gasteiger partial charge in [-0.2, -0.15) is 0 Å². The summed E-state index contributed by atoms with van der Waals surface area (Å²) in [6.07, 6.45) is 9.11. The van der Waals surface area contributed by atoms with Gasteiger partial charge in [-0.1, -0.05) is 0 Å². The molecule has 0 aromatic carbocycles. The molecule has 2 aliphatic rings. The minimum absolute atomic E-state index is 0.0319. The number of hydrogen-bond donors (Lipinski definition) is 0. The lowest BCUT2D eigenvalue weighted by atomic mass is 9.88. The topological polar surface area (TPSA) is 77.4 Å². The van der Waals surface area contributed by atoms with E-state index in [9.17, 15) is 4.79 Å². The first kappa shape index (κ1) is 16.9. The van der Waals surface area contributed by atoms with Gasteiger partial charge >= 0.3 is 0 Å². The number of aromatic nitrogens is 3. The average Bonchev–Trinajstić information content (AvgIpc) is 3.05. The Labute approximate surface area is 152 Å². The molecule has 136 valence electrons. The fourth-order valence-electron chi connectivity index (χ4n) is 3.62. The number of carbonyl (C=O) groups excluding carboxylic acids is 1. The molecule has 4 heterocycles. The van der Waals surface area contributed by atoms with Gasteiger partial charge in [0.15, 0.2) is 0 Å². The maximum absolute atomic E-state index is 12.6. The van der Waals surface area contributed by atoms with E-state index in [4.69, 9.17) is 9.47 Å². The second kappa shape index (κ2) is 6.99. The normalized spacial score (nSPS) is 21.7. The average molecular weight is 354 g/mol. The van der Waals surface area contributed by atoms with Gasteiger partial charge in [-0.3, -0.25) is 14.8 Å². The molecule has 2 aliphatic heterocycles. The van der Waals surface area contributed by atoms with Crippen molar-refractivity contribution in [3.63, 3.8) is 0 Å². The van der Waals surface area contributed by atoms with E-state index < -0.39 is 0 Å². The van der Waals surface area contributed by atoms with Gasteiger partial charge in [0, 0.05) is 31.9 Å². The van der Waals surface area contributed by atoms with Gasteiger partial charge in [0.1, 0.15) is 17.5 Å². The van der Waals surface area contributed by atoms with Crippen LogP contribution in [0.25, 0.3) is 0 Å². The van der Waals surface area contributed by atoms with Gasteiger partial charge in [0.05, 0.1) is 30.3 Å². The quantitative estimate of drug-likeness (QED) is 0.839. The standard InChI is InChI=1S/C19H22N4O3/c1-14-10-22-17(12-21-14)18(24)23-7-4-19(5-8-23)9-16(13-25-19)26-15-3-2-6-20-11-15/h2-3,6,10-12,16H,4-5,7-9,13H2,1H3/t16-/m1/s1. The second-order valence-corrected chi connectivity index (χ2v) is 6.96.